The third kappa shape index (κ3) is 3.77. The van der Waals surface area contributed by atoms with Crippen LogP contribution in [0.5, 0.6) is 11.5 Å². The number of hydrogen-bond donors (Lipinski definition) is 0. The summed E-state index contributed by atoms with van der Waals surface area (Å²) in [6.07, 6.45) is 0.730. The molecule has 0 saturated carbocycles. The van der Waals surface area contributed by atoms with Crippen LogP contribution in [-0.4, -0.2) is 22.9 Å². The van der Waals surface area contributed by atoms with Gasteiger partial charge in [-0.15, -0.1) is 0 Å². The molecule has 5 heteroatoms. The van der Waals surface area contributed by atoms with Crippen LogP contribution >= 0.6 is 0 Å². The van der Waals surface area contributed by atoms with Gasteiger partial charge in [-0.25, -0.2) is 4.79 Å². The summed E-state index contributed by atoms with van der Waals surface area (Å²) >= 11 is 0. The summed E-state index contributed by atoms with van der Waals surface area (Å²) in [7, 11) is 1.64. The van der Waals surface area contributed by atoms with E-state index in [1.165, 1.54) is 5.56 Å². The van der Waals surface area contributed by atoms with Gasteiger partial charge in [0, 0.05) is 12.2 Å². The highest BCUT2D eigenvalue weighted by atomic mass is 16.5. The molecule has 0 saturated heterocycles. The molecule has 27 heavy (non-hydrogen) atoms. The van der Waals surface area contributed by atoms with E-state index < -0.39 is 0 Å². The first-order valence-electron chi connectivity index (χ1n) is 9.07. The molecule has 0 amide bonds. The van der Waals surface area contributed by atoms with Crippen LogP contribution in [0.25, 0.3) is 16.7 Å². The summed E-state index contributed by atoms with van der Waals surface area (Å²) in [6.45, 7) is 11.1. The maximum Gasteiger partial charge on any atom is 0.333 e. The van der Waals surface area contributed by atoms with Crippen molar-refractivity contribution in [3.8, 4) is 11.5 Å². The highest BCUT2D eigenvalue weighted by molar-refractivity contribution is 5.81. The first kappa shape index (κ1) is 18.8. The maximum atomic E-state index is 12.9. The molecule has 0 aliphatic carbocycles. The molecular weight excluding hydrogens is 340 g/mol. The average molecular weight is 366 g/mol. The molecule has 0 aliphatic heterocycles. The molecular formula is C22H26N2O3. The molecule has 0 spiro atoms. The Bertz CT molecular complexity index is 1030. The van der Waals surface area contributed by atoms with Crippen LogP contribution in [0.2, 0.25) is 0 Å². The van der Waals surface area contributed by atoms with Crippen LogP contribution in [0.15, 0.2) is 47.8 Å². The van der Waals surface area contributed by atoms with Gasteiger partial charge in [-0.2, -0.15) is 0 Å². The first-order chi connectivity index (χ1) is 12.9. The normalized spacial score (nSPS) is 11.0. The van der Waals surface area contributed by atoms with E-state index in [9.17, 15) is 4.79 Å². The van der Waals surface area contributed by atoms with Crippen LogP contribution in [0.3, 0.4) is 0 Å². The van der Waals surface area contributed by atoms with Crippen LogP contribution in [0, 0.1) is 13.8 Å². The number of rotatable bonds is 7. The average Bonchev–Trinajstić information content (AvgIpc) is 2.90. The highest BCUT2D eigenvalue weighted by Crippen LogP contribution is 2.21. The number of hydrogen-bond acceptors (Lipinski definition) is 3. The lowest BCUT2D eigenvalue weighted by Crippen LogP contribution is -2.23. The molecule has 3 aromatic rings. The summed E-state index contributed by atoms with van der Waals surface area (Å²) < 4.78 is 14.4. The zero-order chi connectivity index (χ0) is 19.6. The number of allylic oxidation sites excluding steroid dienone is 1. The van der Waals surface area contributed by atoms with E-state index in [0.29, 0.717) is 13.2 Å². The lowest BCUT2D eigenvalue weighted by Gasteiger charge is -2.08. The number of benzene rings is 2. The molecule has 3 rings (SSSR count). The zero-order valence-electron chi connectivity index (χ0n) is 16.4. The monoisotopic (exact) mass is 366 g/mol. The molecule has 1 heterocycles. The Kier molecular flexibility index (Phi) is 5.40. The van der Waals surface area contributed by atoms with Gasteiger partial charge in [0.1, 0.15) is 11.5 Å². The number of aryl methyl sites for hydroxylation is 3. The number of nitrogens with zero attached hydrogens (tertiary/aromatic N) is 2. The van der Waals surface area contributed by atoms with E-state index in [2.05, 4.69) is 32.6 Å². The Morgan fingerprint density at radius 3 is 2.22 bits per heavy atom. The van der Waals surface area contributed by atoms with E-state index in [1.54, 1.807) is 11.7 Å². The molecule has 0 radical (unpaired) electrons. The maximum absolute atomic E-state index is 12.9. The lowest BCUT2D eigenvalue weighted by molar-refractivity contribution is 0.301. The number of fused-ring (bicyclic) bond motifs is 1. The molecule has 1 aromatic heterocycles. The van der Waals surface area contributed by atoms with Crippen molar-refractivity contribution < 1.29 is 9.47 Å². The molecule has 142 valence electrons. The van der Waals surface area contributed by atoms with Crippen molar-refractivity contribution in [1.29, 1.82) is 0 Å². The molecule has 0 bridgehead atoms. The van der Waals surface area contributed by atoms with Crippen molar-refractivity contribution in [3.05, 3.63) is 64.6 Å². The van der Waals surface area contributed by atoms with Crippen molar-refractivity contribution in [2.75, 3.05) is 13.7 Å². The second-order valence-electron chi connectivity index (χ2n) is 6.81. The van der Waals surface area contributed by atoms with Crippen molar-refractivity contribution in [2.45, 2.75) is 33.7 Å². The minimum Gasteiger partial charge on any atom is -0.497 e. The quantitative estimate of drug-likeness (QED) is 0.583. The SMILES string of the molecule is C=C(C)n1c(=O)n(CCCOc2ccc(OC)cc2)c2cc(C)c(C)cc21. The van der Waals surface area contributed by atoms with Gasteiger partial charge in [0.25, 0.3) is 0 Å². The minimum atomic E-state index is -0.0491. The predicted octanol–water partition coefficient (Wildman–Crippen LogP) is 4.39. The van der Waals surface area contributed by atoms with E-state index in [-0.39, 0.29) is 5.69 Å². The number of ether oxygens (including phenoxy) is 2. The Labute approximate surface area is 159 Å². The van der Waals surface area contributed by atoms with Gasteiger partial charge in [-0.3, -0.25) is 9.13 Å². The smallest absolute Gasteiger partial charge is 0.333 e. The fourth-order valence-electron chi connectivity index (χ4n) is 3.18. The Morgan fingerprint density at radius 2 is 1.63 bits per heavy atom. The zero-order valence-corrected chi connectivity index (χ0v) is 16.4. The van der Waals surface area contributed by atoms with Gasteiger partial charge in [0.2, 0.25) is 0 Å². The van der Waals surface area contributed by atoms with Crippen molar-refractivity contribution >= 4 is 16.7 Å². The van der Waals surface area contributed by atoms with Crippen molar-refractivity contribution in [2.24, 2.45) is 0 Å². The minimum absolute atomic E-state index is 0.0491. The van der Waals surface area contributed by atoms with Gasteiger partial charge < -0.3 is 9.47 Å². The van der Waals surface area contributed by atoms with E-state index in [4.69, 9.17) is 9.47 Å². The van der Waals surface area contributed by atoms with E-state index in [1.807, 2.05) is 35.8 Å². The summed E-state index contributed by atoms with van der Waals surface area (Å²) in [6, 6.07) is 11.6. The molecule has 5 nitrogen and oxygen atoms in total. The van der Waals surface area contributed by atoms with Crippen LogP contribution in [0.4, 0.5) is 0 Å². The summed E-state index contributed by atoms with van der Waals surface area (Å²) in [5, 5.41) is 0. The highest BCUT2D eigenvalue weighted by Gasteiger charge is 2.14. The fraction of sp³-hybridized carbons (Fsp3) is 0.318. The molecule has 0 aliphatic rings. The van der Waals surface area contributed by atoms with Crippen molar-refractivity contribution in [3.63, 3.8) is 0 Å². The standard InChI is InChI=1S/C22H26N2O3/c1-15(2)24-21-14-17(4)16(3)13-20(21)23(22(24)25)11-6-12-27-19-9-7-18(26-5)8-10-19/h7-10,13-14H,1,6,11-12H2,2-5H3. The van der Waals surface area contributed by atoms with Gasteiger partial charge in [-0.1, -0.05) is 6.58 Å². The van der Waals surface area contributed by atoms with Crippen LogP contribution in [-0.2, 0) is 6.54 Å². The molecule has 0 atom stereocenters. The fourth-order valence-corrected chi connectivity index (χ4v) is 3.18. The predicted molar refractivity (Wildman–Crippen MR) is 110 cm³/mol. The third-order valence-electron chi connectivity index (χ3n) is 4.78. The number of imidazole rings is 1. The van der Waals surface area contributed by atoms with E-state index in [0.717, 1.165) is 40.2 Å². The summed E-state index contributed by atoms with van der Waals surface area (Å²) in [5.74, 6) is 1.59. The Hall–Kier alpha value is -2.95. The summed E-state index contributed by atoms with van der Waals surface area (Å²) in [5.41, 5.74) is 4.86. The largest absolute Gasteiger partial charge is 0.497 e. The van der Waals surface area contributed by atoms with Crippen LogP contribution < -0.4 is 15.2 Å². The molecule has 0 unspecified atom stereocenters. The van der Waals surface area contributed by atoms with E-state index >= 15 is 0 Å². The van der Waals surface area contributed by atoms with Crippen molar-refractivity contribution in [1.82, 2.24) is 9.13 Å². The molecule has 0 N–H and O–H groups in total. The Morgan fingerprint density at radius 1 is 1.04 bits per heavy atom. The number of methoxy groups -OCH3 is 1. The van der Waals surface area contributed by atoms with Crippen LogP contribution in [0.1, 0.15) is 24.5 Å². The topological polar surface area (TPSA) is 45.4 Å². The second-order valence-corrected chi connectivity index (χ2v) is 6.81. The molecule has 2 aromatic carbocycles. The van der Waals surface area contributed by atoms with Gasteiger partial charge in [0.05, 0.1) is 24.8 Å². The lowest BCUT2D eigenvalue weighted by atomic mass is 10.1. The Balaban J connectivity index is 1.78. The molecule has 0 fully saturated rings. The third-order valence-corrected chi connectivity index (χ3v) is 4.78. The number of aromatic nitrogens is 2. The van der Waals surface area contributed by atoms with Gasteiger partial charge in [-0.05, 0) is 74.7 Å². The first-order valence-corrected chi connectivity index (χ1v) is 9.07. The van der Waals surface area contributed by atoms with Gasteiger partial charge >= 0.3 is 5.69 Å². The van der Waals surface area contributed by atoms with Gasteiger partial charge in [0.15, 0.2) is 0 Å². The summed E-state index contributed by atoms with van der Waals surface area (Å²) in [4.78, 5) is 12.9. The second kappa shape index (κ2) is 7.74.